The van der Waals surface area contributed by atoms with Crippen LogP contribution in [0.15, 0.2) is 42.6 Å². The van der Waals surface area contributed by atoms with Gasteiger partial charge in [0.2, 0.25) is 5.91 Å². The fraction of sp³-hybridized carbons (Fsp3) is 0.368. The van der Waals surface area contributed by atoms with Gasteiger partial charge in [-0.3, -0.25) is 14.7 Å². The number of alkyl halides is 3. The standard InChI is InChI=1S/C19H20F3N3O/c1-13(26)24-18(2)11-25(12-18)10-14-6-7-17(23-9-14)15-4-3-5-16(8-15)19(20,21)22/h3-9H,10-12H2,1-2H3,(H,24,26). The zero-order valence-electron chi connectivity index (χ0n) is 14.6. The van der Waals surface area contributed by atoms with Crippen LogP contribution in [0.3, 0.4) is 0 Å². The number of nitrogens with zero attached hydrogens (tertiary/aromatic N) is 2. The van der Waals surface area contributed by atoms with Gasteiger partial charge in [0.1, 0.15) is 0 Å². The summed E-state index contributed by atoms with van der Waals surface area (Å²) in [6.45, 7) is 5.69. The van der Waals surface area contributed by atoms with Crippen LogP contribution in [-0.4, -0.2) is 34.4 Å². The van der Waals surface area contributed by atoms with Crippen molar-refractivity contribution in [3.63, 3.8) is 0 Å². The summed E-state index contributed by atoms with van der Waals surface area (Å²) in [5, 5.41) is 2.93. The van der Waals surface area contributed by atoms with Crippen molar-refractivity contribution in [3.8, 4) is 11.3 Å². The molecule has 3 rings (SSSR count). The minimum atomic E-state index is -4.37. The molecule has 1 aromatic heterocycles. The molecule has 0 saturated carbocycles. The van der Waals surface area contributed by atoms with Crippen LogP contribution in [0.4, 0.5) is 13.2 Å². The van der Waals surface area contributed by atoms with Crippen molar-refractivity contribution >= 4 is 5.91 Å². The number of pyridine rings is 1. The van der Waals surface area contributed by atoms with Gasteiger partial charge in [-0.15, -0.1) is 0 Å². The van der Waals surface area contributed by atoms with Gasteiger partial charge in [0.05, 0.1) is 16.8 Å². The van der Waals surface area contributed by atoms with Gasteiger partial charge in [-0.1, -0.05) is 18.2 Å². The molecule has 7 heteroatoms. The predicted molar refractivity (Wildman–Crippen MR) is 92.2 cm³/mol. The van der Waals surface area contributed by atoms with Gasteiger partial charge in [-0.25, -0.2) is 0 Å². The second-order valence-corrected chi connectivity index (χ2v) is 7.02. The molecule has 4 nitrogen and oxygen atoms in total. The van der Waals surface area contributed by atoms with Gasteiger partial charge in [0.25, 0.3) is 0 Å². The van der Waals surface area contributed by atoms with Crippen LogP contribution in [0.2, 0.25) is 0 Å². The van der Waals surface area contributed by atoms with Crippen LogP contribution in [0.5, 0.6) is 0 Å². The molecule has 2 aromatic rings. The van der Waals surface area contributed by atoms with E-state index in [2.05, 4.69) is 15.2 Å². The molecular formula is C19H20F3N3O. The molecule has 0 aliphatic carbocycles. The summed E-state index contributed by atoms with van der Waals surface area (Å²) >= 11 is 0. The smallest absolute Gasteiger partial charge is 0.349 e. The van der Waals surface area contributed by atoms with E-state index < -0.39 is 11.7 Å². The number of nitrogens with one attached hydrogen (secondary N) is 1. The highest BCUT2D eigenvalue weighted by molar-refractivity contribution is 5.74. The molecule has 2 heterocycles. The lowest BCUT2D eigenvalue weighted by atomic mass is 9.91. The SMILES string of the molecule is CC(=O)NC1(C)CN(Cc2ccc(-c3cccc(C(F)(F)F)c3)nc2)C1. The van der Waals surface area contributed by atoms with Crippen molar-refractivity contribution in [3.05, 3.63) is 53.7 Å². The summed E-state index contributed by atoms with van der Waals surface area (Å²) in [5.74, 6) is -0.0424. The largest absolute Gasteiger partial charge is 0.416 e. The van der Waals surface area contributed by atoms with E-state index >= 15 is 0 Å². The molecule has 1 aliphatic heterocycles. The number of halogens is 3. The average molecular weight is 363 g/mol. The monoisotopic (exact) mass is 363 g/mol. The first-order valence-electron chi connectivity index (χ1n) is 8.28. The minimum absolute atomic E-state index is 0.0424. The third-order valence-electron chi connectivity index (χ3n) is 4.34. The Morgan fingerprint density at radius 3 is 2.58 bits per heavy atom. The third kappa shape index (κ3) is 4.22. The number of rotatable bonds is 4. The maximum atomic E-state index is 12.8. The Hall–Kier alpha value is -2.41. The van der Waals surface area contributed by atoms with Gasteiger partial charge >= 0.3 is 6.18 Å². The fourth-order valence-electron chi connectivity index (χ4n) is 3.36. The normalized spacial score (nSPS) is 16.8. The molecule has 26 heavy (non-hydrogen) atoms. The molecule has 1 aliphatic rings. The highest BCUT2D eigenvalue weighted by Crippen LogP contribution is 2.31. The lowest BCUT2D eigenvalue weighted by molar-refractivity contribution is -0.137. The van der Waals surface area contributed by atoms with Gasteiger partial charge < -0.3 is 5.32 Å². The van der Waals surface area contributed by atoms with Crippen LogP contribution < -0.4 is 5.32 Å². The molecular weight excluding hydrogens is 343 g/mol. The zero-order chi connectivity index (χ0) is 18.9. The molecule has 1 aromatic carbocycles. The van der Waals surface area contributed by atoms with E-state index in [-0.39, 0.29) is 11.4 Å². The summed E-state index contributed by atoms with van der Waals surface area (Å²) in [4.78, 5) is 17.6. The number of amides is 1. The number of benzene rings is 1. The number of hydrogen-bond acceptors (Lipinski definition) is 3. The van der Waals surface area contributed by atoms with Gasteiger partial charge in [0.15, 0.2) is 0 Å². The van der Waals surface area contributed by atoms with Crippen LogP contribution in [0.1, 0.15) is 25.0 Å². The predicted octanol–water partition coefficient (Wildman–Crippen LogP) is 3.48. The number of likely N-dealkylation sites (tertiary alicyclic amines) is 1. The Labute approximate surface area is 150 Å². The van der Waals surface area contributed by atoms with E-state index in [9.17, 15) is 18.0 Å². The number of hydrogen-bond donors (Lipinski definition) is 1. The molecule has 0 atom stereocenters. The number of carbonyl (C=O) groups excluding carboxylic acids is 1. The second kappa shape index (κ2) is 6.72. The highest BCUT2D eigenvalue weighted by Gasteiger charge is 2.39. The quantitative estimate of drug-likeness (QED) is 0.905. The first kappa shape index (κ1) is 18.4. The number of carbonyl (C=O) groups is 1. The third-order valence-corrected chi connectivity index (χ3v) is 4.34. The van der Waals surface area contributed by atoms with Gasteiger partial charge in [-0.2, -0.15) is 13.2 Å². The van der Waals surface area contributed by atoms with Crippen molar-refractivity contribution in [1.82, 2.24) is 15.2 Å². The molecule has 0 radical (unpaired) electrons. The van der Waals surface area contributed by atoms with E-state index in [1.165, 1.54) is 13.0 Å². The summed E-state index contributed by atoms with van der Waals surface area (Å²) < 4.78 is 38.5. The van der Waals surface area contributed by atoms with Gasteiger partial charge in [0, 0.05) is 38.3 Å². The number of aromatic nitrogens is 1. The summed E-state index contributed by atoms with van der Waals surface area (Å²) in [6, 6.07) is 8.76. The molecule has 0 bridgehead atoms. The Morgan fingerprint density at radius 2 is 2.00 bits per heavy atom. The highest BCUT2D eigenvalue weighted by atomic mass is 19.4. The van der Waals surface area contributed by atoms with Crippen LogP contribution in [-0.2, 0) is 17.5 Å². The van der Waals surface area contributed by atoms with Gasteiger partial charge in [-0.05, 0) is 30.7 Å². The Morgan fingerprint density at radius 1 is 1.27 bits per heavy atom. The lowest BCUT2D eigenvalue weighted by Crippen LogP contribution is -2.67. The molecule has 0 spiro atoms. The Kier molecular flexibility index (Phi) is 4.75. The molecule has 1 saturated heterocycles. The zero-order valence-corrected chi connectivity index (χ0v) is 14.6. The molecule has 0 unspecified atom stereocenters. The van der Waals surface area contributed by atoms with E-state index in [4.69, 9.17) is 0 Å². The van der Waals surface area contributed by atoms with E-state index in [1.54, 1.807) is 18.3 Å². The fourth-order valence-corrected chi connectivity index (χ4v) is 3.36. The summed E-state index contributed by atoms with van der Waals surface area (Å²) in [5.41, 5.74) is 1.04. The topological polar surface area (TPSA) is 45.2 Å². The van der Waals surface area contributed by atoms with E-state index in [1.807, 2.05) is 13.0 Å². The molecule has 138 valence electrons. The van der Waals surface area contributed by atoms with Crippen molar-refractivity contribution < 1.29 is 18.0 Å². The van der Waals surface area contributed by atoms with Crippen molar-refractivity contribution in [2.24, 2.45) is 0 Å². The molecule has 1 N–H and O–H groups in total. The maximum absolute atomic E-state index is 12.8. The lowest BCUT2D eigenvalue weighted by Gasteiger charge is -2.48. The van der Waals surface area contributed by atoms with Crippen molar-refractivity contribution in [2.75, 3.05) is 13.1 Å². The first-order chi connectivity index (χ1) is 12.1. The van der Waals surface area contributed by atoms with E-state index in [0.29, 0.717) is 17.8 Å². The van der Waals surface area contributed by atoms with Crippen molar-refractivity contribution in [2.45, 2.75) is 32.1 Å². The van der Waals surface area contributed by atoms with Crippen LogP contribution >= 0.6 is 0 Å². The maximum Gasteiger partial charge on any atom is 0.416 e. The molecule has 1 fully saturated rings. The van der Waals surface area contributed by atoms with Crippen LogP contribution in [0.25, 0.3) is 11.3 Å². The van der Waals surface area contributed by atoms with E-state index in [0.717, 1.165) is 30.8 Å². The van der Waals surface area contributed by atoms with Crippen molar-refractivity contribution in [1.29, 1.82) is 0 Å². The first-order valence-corrected chi connectivity index (χ1v) is 8.28. The summed E-state index contributed by atoms with van der Waals surface area (Å²) in [6.07, 6.45) is -2.68. The molecule has 1 amide bonds. The Balaban J connectivity index is 1.64. The minimum Gasteiger partial charge on any atom is -0.349 e. The average Bonchev–Trinajstić information content (AvgIpc) is 2.53. The van der Waals surface area contributed by atoms with Crippen LogP contribution in [0, 0.1) is 0 Å². The second-order valence-electron chi connectivity index (χ2n) is 7.02. The summed E-state index contributed by atoms with van der Waals surface area (Å²) in [7, 11) is 0. The Bertz CT molecular complexity index is 796.